The lowest BCUT2D eigenvalue weighted by molar-refractivity contribution is 0.425. The second kappa shape index (κ2) is 2.29. The molecule has 0 aliphatic heterocycles. The van der Waals surface area contributed by atoms with Gasteiger partial charge in [-0.15, -0.1) is 0 Å². The fourth-order valence-corrected chi connectivity index (χ4v) is 5.73. The molecule has 0 N–H and O–H groups in total. The summed E-state index contributed by atoms with van der Waals surface area (Å²) in [6, 6.07) is 0. The van der Waals surface area contributed by atoms with Gasteiger partial charge in [0.25, 0.3) is 0 Å². The van der Waals surface area contributed by atoms with Crippen molar-refractivity contribution in [3.63, 3.8) is 0 Å². The van der Waals surface area contributed by atoms with E-state index in [1.165, 1.54) is 6.42 Å². The molecule has 0 aromatic rings. The van der Waals surface area contributed by atoms with Crippen LogP contribution in [0.15, 0.2) is 0 Å². The minimum Gasteiger partial charge on any atom is -0.0884 e. The van der Waals surface area contributed by atoms with E-state index in [2.05, 4.69) is 15.9 Å². The molecule has 0 aromatic carbocycles. The second-order valence-corrected chi connectivity index (χ2v) is 7.66. The molecular weight excluding hydrogens is 282 g/mol. The zero-order valence-electron chi connectivity index (χ0n) is 6.18. The van der Waals surface area contributed by atoms with E-state index in [4.69, 9.17) is 34.8 Å². The topological polar surface area (TPSA) is 0 Å². The van der Waals surface area contributed by atoms with E-state index >= 15 is 0 Å². The maximum absolute atomic E-state index is 5.96. The molecule has 0 aromatic heterocycles. The van der Waals surface area contributed by atoms with Crippen LogP contribution in [0.3, 0.4) is 0 Å². The molecule has 2 unspecified atom stereocenters. The smallest absolute Gasteiger partial charge is 0.0884 e. The van der Waals surface area contributed by atoms with E-state index in [1.54, 1.807) is 0 Å². The van der Waals surface area contributed by atoms with E-state index in [-0.39, 0.29) is 0 Å². The summed E-state index contributed by atoms with van der Waals surface area (Å²) >= 11 is 21.6. The van der Waals surface area contributed by atoms with Gasteiger partial charge in [-0.25, -0.2) is 0 Å². The summed E-state index contributed by atoms with van der Waals surface area (Å²) in [6.07, 6.45) is 1.28. The molecule has 4 saturated carbocycles. The van der Waals surface area contributed by atoms with Crippen LogP contribution in [0.2, 0.25) is 0 Å². The van der Waals surface area contributed by atoms with Crippen LogP contribution in [-0.4, -0.2) is 8.62 Å². The number of hydrogen-bond acceptors (Lipinski definition) is 0. The molecule has 0 heterocycles. The molecule has 6 atom stereocenters. The van der Waals surface area contributed by atoms with Crippen LogP contribution in [0.1, 0.15) is 6.42 Å². The van der Waals surface area contributed by atoms with E-state index in [0.717, 1.165) is 11.8 Å². The SMILES string of the molecule is ClC(Cl)(Cl)[C@H]1C2C3[C@@H]2C[C@@H]1[C@@H]3Br. The molecule has 4 aliphatic carbocycles. The zero-order chi connectivity index (χ0) is 8.67. The largest absolute Gasteiger partial charge is 0.193 e. The van der Waals surface area contributed by atoms with Gasteiger partial charge in [-0.05, 0) is 30.1 Å². The minimum atomic E-state index is -1.03. The summed E-state index contributed by atoms with van der Waals surface area (Å²) in [5, 5.41) is 0. The second-order valence-electron chi connectivity index (χ2n) is 4.23. The third kappa shape index (κ3) is 0.872. The quantitative estimate of drug-likeness (QED) is 0.598. The Balaban J connectivity index is 1.94. The molecular formula is C8H8BrCl3. The molecule has 0 amide bonds. The van der Waals surface area contributed by atoms with Crippen LogP contribution in [-0.2, 0) is 0 Å². The lowest BCUT2D eigenvalue weighted by Gasteiger charge is -2.24. The van der Waals surface area contributed by atoms with Gasteiger partial charge in [0.05, 0.1) is 0 Å². The molecule has 4 fully saturated rings. The van der Waals surface area contributed by atoms with Gasteiger partial charge in [-0.1, -0.05) is 50.7 Å². The van der Waals surface area contributed by atoms with Crippen LogP contribution in [0.25, 0.3) is 0 Å². The monoisotopic (exact) mass is 288 g/mol. The lowest BCUT2D eigenvalue weighted by Crippen LogP contribution is -2.24. The summed E-state index contributed by atoms with van der Waals surface area (Å²) in [5.74, 6) is 3.36. The number of alkyl halides is 4. The third-order valence-corrected chi connectivity index (χ3v) is 5.91. The molecule has 0 nitrogen and oxygen atoms in total. The highest BCUT2D eigenvalue weighted by Crippen LogP contribution is 2.78. The summed E-state index contributed by atoms with van der Waals surface area (Å²) < 4.78 is -1.03. The van der Waals surface area contributed by atoms with Gasteiger partial charge in [0.1, 0.15) is 0 Å². The standard InChI is InChI=1S/C8H8BrCl3/c9-7-3-1-2-4(5(2)7)6(3)8(10,11)12/h2-7H,1H2/t2-,3+,4?,5?,6-,7+/m1/s1. The van der Waals surface area contributed by atoms with E-state index in [0.29, 0.717) is 22.6 Å². The first-order valence-electron chi connectivity index (χ1n) is 4.22. The lowest BCUT2D eigenvalue weighted by atomic mass is 10.0. The summed E-state index contributed by atoms with van der Waals surface area (Å²) in [4.78, 5) is 0.633. The van der Waals surface area contributed by atoms with E-state index in [9.17, 15) is 0 Å². The Bertz CT molecular complexity index is 237. The highest BCUT2D eigenvalue weighted by atomic mass is 79.9. The Morgan fingerprint density at radius 2 is 1.75 bits per heavy atom. The van der Waals surface area contributed by atoms with Crippen LogP contribution >= 0.6 is 50.7 Å². The molecule has 0 radical (unpaired) electrons. The van der Waals surface area contributed by atoms with Gasteiger partial charge >= 0.3 is 0 Å². The first kappa shape index (κ1) is 8.64. The van der Waals surface area contributed by atoms with Crippen LogP contribution in [0.4, 0.5) is 0 Å². The number of hydrogen-bond donors (Lipinski definition) is 0. The fourth-order valence-electron chi connectivity index (χ4n) is 3.52. The fraction of sp³-hybridized carbons (Fsp3) is 1.00. The molecule has 4 rings (SSSR count). The Kier molecular flexibility index (Phi) is 1.65. The van der Waals surface area contributed by atoms with Crippen molar-refractivity contribution in [3.05, 3.63) is 0 Å². The molecule has 4 heteroatoms. The zero-order valence-corrected chi connectivity index (χ0v) is 10.0. The predicted molar refractivity (Wildman–Crippen MR) is 55.1 cm³/mol. The Morgan fingerprint density at radius 3 is 1.92 bits per heavy atom. The number of halogens is 4. The van der Waals surface area contributed by atoms with Gasteiger partial charge in [0.2, 0.25) is 0 Å². The molecule has 4 bridgehead atoms. The van der Waals surface area contributed by atoms with Crippen LogP contribution < -0.4 is 0 Å². The van der Waals surface area contributed by atoms with Crippen LogP contribution in [0, 0.1) is 29.6 Å². The summed E-state index contributed by atoms with van der Waals surface area (Å²) in [7, 11) is 0. The Labute approximate surface area is 95.1 Å². The maximum atomic E-state index is 5.96. The average molecular weight is 290 g/mol. The van der Waals surface area contributed by atoms with Crippen molar-refractivity contribution in [2.24, 2.45) is 29.6 Å². The summed E-state index contributed by atoms with van der Waals surface area (Å²) in [6.45, 7) is 0. The van der Waals surface area contributed by atoms with Crippen molar-refractivity contribution in [2.75, 3.05) is 0 Å². The molecule has 0 saturated heterocycles. The van der Waals surface area contributed by atoms with Crippen LogP contribution in [0.5, 0.6) is 0 Å². The predicted octanol–water partition coefficient (Wildman–Crippen LogP) is 3.63. The first-order chi connectivity index (χ1) is 5.52. The van der Waals surface area contributed by atoms with Crippen molar-refractivity contribution in [1.82, 2.24) is 0 Å². The molecule has 4 aliphatic rings. The van der Waals surface area contributed by atoms with Crippen molar-refractivity contribution in [1.29, 1.82) is 0 Å². The molecule has 68 valence electrons. The Morgan fingerprint density at radius 1 is 1.08 bits per heavy atom. The van der Waals surface area contributed by atoms with Crippen molar-refractivity contribution in [2.45, 2.75) is 15.0 Å². The normalized spacial score (nSPS) is 61.0. The van der Waals surface area contributed by atoms with Crippen molar-refractivity contribution in [3.8, 4) is 0 Å². The molecule has 0 spiro atoms. The van der Waals surface area contributed by atoms with Gasteiger partial charge in [0.15, 0.2) is 3.79 Å². The number of rotatable bonds is 0. The minimum absolute atomic E-state index is 0.321. The molecule has 12 heavy (non-hydrogen) atoms. The van der Waals surface area contributed by atoms with Gasteiger partial charge < -0.3 is 0 Å². The third-order valence-electron chi connectivity index (χ3n) is 3.87. The highest BCUT2D eigenvalue weighted by Gasteiger charge is 2.75. The summed E-state index contributed by atoms with van der Waals surface area (Å²) in [5.41, 5.74) is 0. The Hall–Kier alpha value is 1.35. The van der Waals surface area contributed by atoms with Gasteiger partial charge in [-0.2, -0.15) is 0 Å². The van der Waals surface area contributed by atoms with E-state index in [1.807, 2.05) is 0 Å². The van der Waals surface area contributed by atoms with Crippen molar-refractivity contribution < 1.29 is 0 Å². The first-order valence-corrected chi connectivity index (χ1v) is 6.27. The average Bonchev–Trinajstić information content (AvgIpc) is 2.33. The van der Waals surface area contributed by atoms with E-state index < -0.39 is 3.79 Å². The van der Waals surface area contributed by atoms with Gasteiger partial charge in [0, 0.05) is 10.7 Å². The maximum Gasteiger partial charge on any atom is 0.193 e. The van der Waals surface area contributed by atoms with Crippen molar-refractivity contribution >= 4 is 50.7 Å². The van der Waals surface area contributed by atoms with Gasteiger partial charge in [-0.3, -0.25) is 0 Å². The highest BCUT2D eigenvalue weighted by molar-refractivity contribution is 9.09.